The van der Waals surface area contributed by atoms with Gasteiger partial charge < -0.3 is 7.59 Å². The molecule has 4 heteroatoms. The Balaban J connectivity index is 0.00000253. The van der Waals surface area contributed by atoms with Crippen molar-refractivity contribution in [3.8, 4) is 16.9 Å². The summed E-state index contributed by atoms with van der Waals surface area (Å²) in [5.74, 6) is 1.06. The summed E-state index contributed by atoms with van der Waals surface area (Å²) in [6.07, 6.45) is 6.24. The number of allylic oxidation sites excluding steroid dienone is 5. The van der Waals surface area contributed by atoms with Crippen molar-refractivity contribution in [3.63, 3.8) is 0 Å². The van der Waals surface area contributed by atoms with E-state index in [9.17, 15) is 0 Å². The Morgan fingerprint density at radius 2 is 1.28 bits per heavy atom. The van der Waals surface area contributed by atoms with Gasteiger partial charge in [0.2, 0.25) is 0 Å². The summed E-state index contributed by atoms with van der Waals surface area (Å²) < 4.78 is 6.16. The second-order valence-corrected chi connectivity index (χ2v) is 20.8. The molecule has 1 atom stereocenters. The summed E-state index contributed by atoms with van der Waals surface area (Å²) in [5.41, 5.74) is 20.9. The molecule has 0 radical (unpaired) electrons. The summed E-state index contributed by atoms with van der Waals surface area (Å²) in [6, 6.07) is 7.61. The van der Waals surface area contributed by atoms with E-state index in [0.29, 0.717) is 11.1 Å². The number of rotatable bonds is 4. The van der Waals surface area contributed by atoms with Crippen LogP contribution >= 0.6 is 0 Å². The Labute approximate surface area is 291 Å². The molecule has 1 nitrogen and oxygen atoms in total. The summed E-state index contributed by atoms with van der Waals surface area (Å²) in [4.78, 5) is 0. The molecule has 43 heavy (non-hydrogen) atoms. The smallest absolute Gasteiger partial charge is 1.00 e. The van der Waals surface area contributed by atoms with E-state index in [4.69, 9.17) is 4.74 Å². The minimum atomic E-state index is -1.82. The van der Waals surface area contributed by atoms with Gasteiger partial charge >= 0.3 is 37.7 Å². The number of hydrogen-bond acceptors (Lipinski definition) is 1. The molecule has 0 bridgehead atoms. The van der Waals surface area contributed by atoms with E-state index < -0.39 is 8.07 Å². The number of methoxy groups -OCH3 is 1. The third-order valence-corrected chi connectivity index (χ3v) is 15.5. The molecule has 5 rings (SSSR count). The topological polar surface area (TPSA) is 9.23 Å². The molecule has 0 N–H and O–H groups in total. The molecule has 0 amide bonds. The summed E-state index contributed by atoms with van der Waals surface area (Å²) in [6.45, 7) is 31.2. The average Bonchev–Trinajstić information content (AvgIpc) is 3.52. The third-order valence-electron chi connectivity index (χ3n) is 10.9. The van der Waals surface area contributed by atoms with Crippen molar-refractivity contribution >= 4 is 14.1 Å². The molecule has 0 aromatic heterocycles. The number of fused-ring (bicyclic) bond motifs is 2. The summed E-state index contributed by atoms with van der Waals surface area (Å²) >= 11 is 0. The van der Waals surface area contributed by atoms with Crippen molar-refractivity contribution in [2.24, 2.45) is 0 Å². The number of ether oxygens (including phenoxy) is 1. The molecule has 3 aliphatic carbocycles. The molecule has 2 aromatic carbocycles. The van der Waals surface area contributed by atoms with E-state index in [2.05, 4.69) is 114 Å². The van der Waals surface area contributed by atoms with Crippen molar-refractivity contribution in [1.29, 1.82) is 0 Å². The maximum atomic E-state index is 6.16. The van der Waals surface area contributed by atoms with Crippen molar-refractivity contribution in [1.82, 2.24) is 0 Å². The summed E-state index contributed by atoms with van der Waals surface area (Å²) in [7, 11) is 0.0291. The second-order valence-electron chi connectivity index (χ2n) is 16.0. The van der Waals surface area contributed by atoms with Crippen LogP contribution in [0.15, 0.2) is 46.1 Å². The van der Waals surface area contributed by atoms with Crippen LogP contribution < -0.4 is 42.5 Å². The predicted octanol–water partition coefficient (Wildman–Crippen LogP) is 5.48. The van der Waals surface area contributed by atoms with Gasteiger partial charge in [0.1, 0.15) is 5.75 Å². The van der Waals surface area contributed by atoms with Crippen LogP contribution in [0.3, 0.4) is 0 Å². The monoisotopic (exact) mass is 582 g/mol. The molecule has 224 valence electrons. The molecule has 0 saturated carbocycles. The van der Waals surface area contributed by atoms with Gasteiger partial charge in [-0.15, -0.1) is 0 Å². The average molecular weight is 583 g/mol. The predicted molar refractivity (Wildman–Crippen MR) is 184 cm³/mol. The Hall–Kier alpha value is -1.13. The Morgan fingerprint density at radius 3 is 1.74 bits per heavy atom. The minimum Gasteiger partial charge on any atom is -1.00 e. The maximum Gasteiger partial charge on any atom is 1.00 e. The first-order valence-electron chi connectivity index (χ1n) is 15.9. The van der Waals surface area contributed by atoms with Gasteiger partial charge in [-0.1, -0.05) is 83.5 Å². The van der Waals surface area contributed by atoms with E-state index in [0.717, 1.165) is 5.75 Å². The Morgan fingerprint density at radius 1 is 0.767 bits per heavy atom. The van der Waals surface area contributed by atoms with Crippen molar-refractivity contribution in [3.05, 3.63) is 79.4 Å². The second kappa shape index (κ2) is 12.2. The fraction of sp³-hybridized carbons (Fsp3) is 0.538. The van der Waals surface area contributed by atoms with E-state index in [1.807, 2.05) is 7.11 Å². The van der Waals surface area contributed by atoms with E-state index in [1.54, 1.807) is 33.4 Å². The van der Waals surface area contributed by atoms with E-state index in [1.165, 1.54) is 58.2 Å². The number of aryl methyl sites for hydroxylation is 1. The molecule has 2 aromatic rings. The normalized spacial score (nSPS) is 18.8. The SMILES string of the molecule is COc1c(C(C)(C)C)cc(-c2c3c(cc4c2CCC4)C([Si](C)(C)C2C(C)=C(C)C(C)=C2C)C(C)=C3)cc1C(C)(C)C.[H-].[H-].[Li+].[Li+]. The van der Waals surface area contributed by atoms with Gasteiger partial charge in [-0.05, 0) is 127 Å². The molecule has 3 aliphatic rings. The largest absolute Gasteiger partial charge is 1.00 e. The van der Waals surface area contributed by atoms with Gasteiger partial charge in [0, 0.05) is 16.7 Å². The molecule has 1 unspecified atom stereocenters. The van der Waals surface area contributed by atoms with E-state index >= 15 is 0 Å². The van der Waals surface area contributed by atoms with Crippen LogP contribution in [0.1, 0.15) is 124 Å². The molecule has 0 heterocycles. The van der Waals surface area contributed by atoms with Gasteiger partial charge in [-0.2, -0.15) is 0 Å². The van der Waals surface area contributed by atoms with Crippen molar-refractivity contribution < 1.29 is 45.3 Å². The third kappa shape index (κ3) is 5.84. The van der Waals surface area contributed by atoms with Crippen LogP contribution in [0.5, 0.6) is 5.75 Å². The van der Waals surface area contributed by atoms with Crippen LogP contribution in [0.2, 0.25) is 18.6 Å². The van der Waals surface area contributed by atoms with Crippen LogP contribution in [0.25, 0.3) is 17.2 Å². The van der Waals surface area contributed by atoms with Crippen molar-refractivity contribution in [2.45, 2.75) is 130 Å². The van der Waals surface area contributed by atoms with Crippen LogP contribution in [-0.4, -0.2) is 15.2 Å². The number of hydrogen-bond donors (Lipinski definition) is 0. The fourth-order valence-electron chi connectivity index (χ4n) is 8.79. The van der Waals surface area contributed by atoms with Gasteiger partial charge in [-0.25, -0.2) is 0 Å². The number of benzene rings is 2. The standard InChI is InChI=1S/C39H54OSi.2Li.2H/c1-22-18-30-31(36(22)41(13,14)37-25(4)23(2)24(3)26(37)5)19-27-16-15-17-29(27)34(30)28-20-32(38(6,7)8)35(40-12)33(21-28)39(9,10)11;;;;/h18-21,36-37H,15-17H2,1-14H3;;;;/q;2*+1;2*-1. The van der Waals surface area contributed by atoms with Crippen LogP contribution in [0.4, 0.5) is 0 Å². The first-order chi connectivity index (χ1) is 18.9. The zero-order valence-corrected chi connectivity index (χ0v) is 31.5. The zero-order valence-electron chi connectivity index (χ0n) is 32.5. The van der Waals surface area contributed by atoms with Crippen molar-refractivity contribution in [2.75, 3.05) is 7.11 Å². The van der Waals surface area contributed by atoms with Crippen LogP contribution in [0, 0.1) is 0 Å². The van der Waals surface area contributed by atoms with Gasteiger partial charge in [0.25, 0.3) is 0 Å². The first-order valence-corrected chi connectivity index (χ1v) is 19.0. The molecule has 0 aliphatic heterocycles. The van der Waals surface area contributed by atoms with E-state index in [-0.39, 0.29) is 51.4 Å². The first kappa shape index (κ1) is 36.3. The molecule has 0 fully saturated rings. The molecule has 0 saturated heterocycles. The summed E-state index contributed by atoms with van der Waals surface area (Å²) in [5, 5.41) is 0. The van der Waals surface area contributed by atoms with Crippen LogP contribution in [-0.2, 0) is 23.7 Å². The molecular weight excluding hydrogens is 526 g/mol. The Kier molecular flexibility index (Phi) is 10.3. The molecular formula is C39H56Li2OSi. The van der Waals surface area contributed by atoms with Gasteiger partial charge in [0.05, 0.1) is 15.2 Å². The fourth-order valence-corrected chi connectivity index (χ4v) is 14.1. The minimum absolute atomic E-state index is 0. The Bertz CT molecular complexity index is 1490. The van der Waals surface area contributed by atoms with Gasteiger partial charge in [0.15, 0.2) is 0 Å². The zero-order chi connectivity index (χ0) is 30.4. The van der Waals surface area contributed by atoms with Gasteiger partial charge in [-0.3, -0.25) is 0 Å². The molecule has 0 spiro atoms. The quantitative estimate of drug-likeness (QED) is 0.434. The maximum absolute atomic E-state index is 6.16.